The second kappa shape index (κ2) is 4.53. The van der Waals surface area contributed by atoms with Crippen LogP contribution >= 0.6 is 0 Å². The molecule has 18 heavy (non-hydrogen) atoms. The second-order valence-electron chi connectivity index (χ2n) is 5.54. The molecule has 0 amide bonds. The van der Waals surface area contributed by atoms with Crippen molar-refractivity contribution in [1.29, 1.82) is 0 Å². The SMILES string of the molecule is CC(=O)OC1O[C@]2(C[C@@H](C)C2)[C@@H](C)C1OC(C)=O. The van der Waals surface area contributed by atoms with Crippen LogP contribution in [-0.4, -0.2) is 29.9 Å². The molecular weight excluding hydrogens is 236 g/mol. The average Bonchev–Trinajstić information content (AvgIpc) is 2.42. The summed E-state index contributed by atoms with van der Waals surface area (Å²) in [5, 5.41) is 0. The van der Waals surface area contributed by atoms with Gasteiger partial charge in [-0.25, -0.2) is 0 Å². The fourth-order valence-electron chi connectivity index (χ4n) is 3.13. The molecule has 2 fully saturated rings. The molecule has 0 bridgehead atoms. The molecular formula is C13H20O5. The highest BCUT2D eigenvalue weighted by Crippen LogP contribution is 2.53. The fourth-order valence-corrected chi connectivity index (χ4v) is 3.13. The van der Waals surface area contributed by atoms with Crippen LogP contribution < -0.4 is 0 Å². The molecule has 2 aliphatic rings. The molecule has 0 N–H and O–H groups in total. The largest absolute Gasteiger partial charge is 0.455 e. The molecule has 1 aliphatic carbocycles. The lowest BCUT2D eigenvalue weighted by Crippen LogP contribution is -2.48. The van der Waals surface area contributed by atoms with E-state index in [1.54, 1.807) is 0 Å². The van der Waals surface area contributed by atoms with Crippen LogP contribution in [0.25, 0.3) is 0 Å². The lowest BCUT2D eigenvalue weighted by molar-refractivity contribution is -0.219. The van der Waals surface area contributed by atoms with Crippen LogP contribution in [0.5, 0.6) is 0 Å². The van der Waals surface area contributed by atoms with Crippen molar-refractivity contribution in [2.45, 2.75) is 58.5 Å². The van der Waals surface area contributed by atoms with E-state index in [2.05, 4.69) is 6.92 Å². The van der Waals surface area contributed by atoms with Gasteiger partial charge in [-0.1, -0.05) is 13.8 Å². The monoisotopic (exact) mass is 256 g/mol. The molecule has 0 aromatic heterocycles. The minimum Gasteiger partial charge on any atom is -0.455 e. The Morgan fingerprint density at radius 3 is 2.11 bits per heavy atom. The molecule has 1 saturated carbocycles. The van der Waals surface area contributed by atoms with E-state index in [1.165, 1.54) is 13.8 Å². The third-order valence-corrected chi connectivity index (χ3v) is 3.91. The molecule has 0 aromatic carbocycles. The maximum absolute atomic E-state index is 11.1. The van der Waals surface area contributed by atoms with Crippen LogP contribution in [0, 0.1) is 11.8 Å². The zero-order chi connectivity index (χ0) is 13.5. The first kappa shape index (κ1) is 13.3. The Bertz CT molecular complexity index is 358. The van der Waals surface area contributed by atoms with Crippen LogP contribution in [0.1, 0.15) is 40.5 Å². The first-order valence-corrected chi connectivity index (χ1v) is 6.36. The van der Waals surface area contributed by atoms with E-state index in [0.29, 0.717) is 5.92 Å². The van der Waals surface area contributed by atoms with Gasteiger partial charge in [-0.2, -0.15) is 0 Å². The summed E-state index contributed by atoms with van der Waals surface area (Å²) >= 11 is 0. The molecule has 5 nitrogen and oxygen atoms in total. The molecule has 0 aromatic rings. The van der Waals surface area contributed by atoms with Gasteiger partial charge in [0.15, 0.2) is 6.10 Å². The first-order valence-electron chi connectivity index (χ1n) is 6.36. The predicted octanol–water partition coefficient (Wildman–Crippen LogP) is 1.64. The zero-order valence-corrected chi connectivity index (χ0v) is 11.3. The van der Waals surface area contributed by atoms with Gasteiger partial charge in [-0.05, 0) is 18.8 Å². The molecule has 5 heteroatoms. The minimum absolute atomic E-state index is 0.0435. The molecule has 2 unspecified atom stereocenters. The topological polar surface area (TPSA) is 61.8 Å². The smallest absolute Gasteiger partial charge is 0.305 e. The molecule has 0 radical (unpaired) electrons. The van der Waals surface area contributed by atoms with Gasteiger partial charge < -0.3 is 14.2 Å². The minimum atomic E-state index is -0.770. The van der Waals surface area contributed by atoms with E-state index in [-0.39, 0.29) is 17.5 Å². The van der Waals surface area contributed by atoms with Crippen molar-refractivity contribution in [2.75, 3.05) is 0 Å². The number of hydrogen-bond acceptors (Lipinski definition) is 5. The molecule has 102 valence electrons. The van der Waals surface area contributed by atoms with Crippen molar-refractivity contribution in [3.63, 3.8) is 0 Å². The standard InChI is InChI=1S/C13H20O5/c1-7-5-13(6-7)8(2)11(16-9(3)14)12(18-13)17-10(4)15/h7-8,11-12H,5-6H2,1-4H3/t7-,8-,11?,12?,13+/m0/s1. The third-order valence-electron chi connectivity index (χ3n) is 3.91. The number of rotatable bonds is 2. The van der Waals surface area contributed by atoms with Crippen LogP contribution in [0.15, 0.2) is 0 Å². The molecule has 1 aliphatic heterocycles. The Morgan fingerprint density at radius 1 is 1.11 bits per heavy atom. The van der Waals surface area contributed by atoms with E-state index in [0.717, 1.165) is 12.8 Å². The second-order valence-corrected chi connectivity index (χ2v) is 5.54. The quantitative estimate of drug-likeness (QED) is 0.703. The summed E-state index contributed by atoms with van der Waals surface area (Å²) in [5.74, 6) is -0.158. The van der Waals surface area contributed by atoms with E-state index >= 15 is 0 Å². The Labute approximate surface area is 107 Å². The van der Waals surface area contributed by atoms with Crippen molar-refractivity contribution in [3.05, 3.63) is 0 Å². The molecule has 1 heterocycles. The van der Waals surface area contributed by atoms with Gasteiger partial charge in [0.25, 0.3) is 0 Å². The van der Waals surface area contributed by atoms with Crippen LogP contribution in [0.3, 0.4) is 0 Å². The van der Waals surface area contributed by atoms with Crippen LogP contribution in [-0.2, 0) is 23.8 Å². The highest BCUT2D eigenvalue weighted by atomic mass is 16.7. The summed E-state index contributed by atoms with van der Waals surface area (Å²) in [7, 11) is 0. The number of hydrogen-bond donors (Lipinski definition) is 0. The maximum atomic E-state index is 11.1. The summed E-state index contributed by atoms with van der Waals surface area (Å²) in [4.78, 5) is 22.2. The van der Waals surface area contributed by atoms with Crippen molar-refractivity contribution in [2.24, 2.45) is 11.8 Å². The van der Waals surface area contributed by atoms with Gasteiger partial charge in [0.1, 0.15) is 0 Å². The summed E-state index contributed by atoms with van der Waals surface area (Å²) < 4.78 is 16.3. The van der Waals surface area contributed by atoms with Gasteiger partial charge in [-0.3, -0.25) is 9.59 Å². The third kappa shape index (κ3) is 2.23. The van der Waals surface area contributed by atoms with Crippen molar-refractivity contribution in [3.8, 4) is 0 Å². The van der Waals surface area contributed by atoms with Gasteiger partial charge >= 0.3 is 11.9 Å². The highest BCUT2D eigenvalue weighted by molar-refractivity contribution is 5.67. The van der Waals surface area contributed by atoms with Crippen LogP contribution in [0.2, 0.25) is 0 Å². The first-order chi connectivity index (χ1) is 8.34. The molecule has 1 spiro atoms. The van der Waals surface area contributed by atoms with E-state index in [4.69, 9.17) is 14.2 Å². The number of carbonyl (C=O) groups excluding carboxylic acids is 2. The lowest BCUT2D eigenvalue weighted by Gasteiger charge is -2.45. The lowest BCUT2D eigenvalue weighted by atomic mass is 9.65. The van der Waals surface area contributed by atoms with Gasteiger partial charge in [0.05, 0.1) is 5.60 Å². The fraction of sp³-hybridized carbons (Fsp3) is 0.846. The Balaban J connectivity index is 2.12. The Hall–Kier alpha value is -1.10. The van der Waals surface area contributed by atoms with Crippen molar-refractivity contribution in [1.82, 2.24) is 0 Å². The van der Waals surface area contributed by atoms with Gasteiger partial charge in [0, 0.05) is 19.8 Å². The average molecular weight is 256 g/mol. The summed E-state index contributed by atoms with van der Waals surface area (Å²) in [6, 6.07) is 0. The molecule has 1 saturated heterocycles. The van der Waals surface area contributed by atoms with Crippen molar-refractivity contribution < 1.29 is 23.8 Å². The number of esters is 2. The van der Waals surface area contributed by atoms with Gasteiger partial charge in [0.2, 0.25) is 6.29 Å². The van der Waals surface area contributed by atoms with E-state index < -0.39 is 18.4 Å². The zero-order valence-electron chi connectivity index (χ0n) is 11.3. The predicted molar refractivity (Wildman–Crippen MR) is 62.5 cm³/mol. The Morgan fingerprint density at radius 2 is 1.67 bits per heavy atom. The number of carbonyl (C=O) groups is 2. The summed E-state index contributed by atoms with van der Waals surface area (Å²) in [5.41, 5.74) is -0.292. The maximum Gasteiger partial charge on any atom is 0.305 e. The van der Waals surface area contributed by atoms with Crippen molar-refractivity contribution >= 4 is 11.9 Å². The summed E-state index contributed by atoms with van der Waals surface area (Å²) in [6.45, 7) is 6.82. The molecule has 3 atom stereocenters. The van der Waals surface area contributed by atoms with E-state index in [9.17, 15) is 9.59 Å². The normalized spacial score (nSPS) is 42.4. The van der Waals surface area contributed by atoms with Crippen LogP contribution in [0.4, 0.5) is 0 Å². The Kier molecular flexibility index (Phi) is 3.36. The summed E-state index contributed by atoms with van der Waals surface area (Å²) in [6.07, 6.45) is 0.570. The van der Waals surface area contributed by atoms with E-state index in [1.807, 2.05) is 6.92 Å². The highest BCUT2D eigenvalue weighted by Gasteiger charge is 2.60. The molecule has 2 rings (SSSR count). The van der Waals surface area contributed by atoms with Gasteiger partial charge in [-0.15, -0.1) is 0 Å². The number of ether oxygens (including phenoxy) is 3.